The number of phenols is 1. The molecule has 0 fully saturated rings. The quantitative estimate of drug-likeness (QED) is 0.562. The zero-order valence-corrected chi connectivity index (χ0v) is 8.38. The van der Waals surface area contributed by atoms with E-state index in [-0.39, 0.29) is 0 Å². The van der Waals surface area contributed by atoms with Gasteiger partial charge in [0.2, 0.25) is 0 Å². The van der Waals surface area contributed by atoms with Gasteiger partial charge in [0.15, 0.2) is 11.6 Å². The summed E-state index contributed by atoms with van der Waals surface area (Å²) in [5.41, 5.74) is -1.70. The Morgan fingerprint density at radius 1 is 1.22 bits per heavy atom. The lowest BCUT2D eigenvalue weighted by Gasteiger charge is -2.10. The first-order valence-electron chi connectivity index (χ1n) is 4.27. The van der Waals surface area contributed by atoms with Crippen LogP contribution in [-0.2, 0) is 4.79 Å². The number of carbonyl (C=O) groups is 2. The Labute approximate surface area is 96.6 Å². The number of rotatable bonds is 2. The Balaban J connectivity index is 3.17. The monoisotopic (exact) mass is 267 g/mol. The molecule has 0 aliphatic rings. The van der Waals surface area contributed by atoms with Gasteiger partial charge in [-0.3, -0.25) is 4.79 Å². The summed E-state index contributed by atoms with van der Waals surface area (Å²) in [5, 5.41) is 18.8. The highest BCUT2D eigenvalue weighted by Crippen LogP contribution is 2.29. The van der Waals surface area contributed by atoms with Gasteiger partial charge in [-0.15, -0.1) is 0 Å². The Morgan fingerprint density at radius 2 is 1.78 bits per heavy atom. The number of halogens is 4. The van der Waals surface area contributed by atoms with E-state index in [2.05, 4.69) is 0 Å². The number of aromatic hydroxyl groups is 1. The molecule has 0 spiro atoms. The van der Waals surface area contributed by atoms with Crippen LogP contribution in [0.5, 0.6) is 5.75 Å². The molecule has 5 nitrogen and oxygen atoms in total. The molecule has 0 bridgehead atoms. The van der Waals surface area contributed by atoms with Crippen LogP contribution < -0.4 is 5.32 Å². The van der Waals surface area contributed by atoms with Crippen molar-refractivity contribution in [1.29, 1.82) is 0 Å². The van der Waals surface area contributed by atoms with Crippen LogP contribution in [0.3, 0.4) is 0 Å². The van der Waals surface area contributed by atoms with Gasteiger partial charge in [-0.1, -0.05) is 0 Å². The summed E-state index contributed by atoms with van der Waals surface area (Å²) in [6.07, 6.45) is -5.25. The fourth-order valence-corrected chi connectivity index (χ4v) is 1.01. The number of carbonyl (C=O) groups excluding carboxylic acids is 1. The van der Waals surface area contributed by atoms with Crippen molar-refractivity contribution < 1.29 is 37.4 Å². The first-order valence-corrected chi connectivity index (χ1v) is 4.27. The number of alkyl halides is 3. The highest BCUT2D eigenvalue weighted by atomic mass is 19.4. The van der Waals surface area contributed by atoms with Crippen molar-refractivity contribution in [2.75, 3.05) is 5.32 Å². The third-order valence-electron chi connectivity index (χ3n) is 1.82. The van der Waals surface area contributed by atoms with Gasteiger partial charge in [-0.2, -0.15) is 13.2 Å². The summed E-state index contributed by atoms with van der Waals surface area (Å²) < 4.78 is 48.8. The fourth-order valence-electron chi connectivity index (χ4n) is 1.01. The van der Waals surface area contributed by atoms with E-state index in [1.165, 1.54) is 5.32 Å². The minimum atomic E-state index is -5.25. The van der Waals surface area contributed by atoms with E-state index in [0.717, 1.165) is 0 Å². The average molecular weight is 267 g/mol. The fraction of sp³-hybridized carbons (Fsp3) is 0.111. The molecule has 1 amide bonds. The van der Waals surface area contributed by atoms with Crippen LogP contribution in [0.4, 0.5) is 23.2 Å². The summed E-state index contributed by atoms with van der Waals surface area (Å²) >= 11 is 0. The Morgan fingerprint density at radius 3 is 2.22 bits per heavy atom. The minimum Gasteiger partial charge on any atom is -0.503 e. The van der Waals surface area contributed by atoms with Crippen LogP contribution in [0.1, 0.15) is 10.4 Å². The van der Waals surface area contributed by atoms with Crippen LogP contribution in [0, 0.1) is 5.82 Å². The molecule has 3 N–H and O–H groups in total. The second kappa shape index (κ2) is 4.51. The molecular formula is C9H5F4NO4. The van der Waals surface area contributed by atoms with Crippen LogP contribution in [0.15, 0.2) is 12.1 Å². The Bertz CT molecular complexity index is 512. The van der Waals surface area contributed by atoms with Gasteiger partial charge < -0.3 is 15.5 Å². The molecule has 0 unspecified atom stereocenters. The van der Waals surface area contributed by atoms with Crippen molar-refractivity contribution in [3.63, 3.8) is 0 Å². The van der Waals surface area contributed by atoms with Crippen LogP contribution in [-0.4, -0.2) is 28.3 Å². The summed E-state index contributed by atoms with van der Waals surface area (Å²) in [7, 11) is 0. The molecule has 0 heterocycles. The minimum absolute atomic E-state index is 0.404. The SMILES string of the molecule is O=C(O)c1cc(F)c(O)c(NC(=O)C(F)(F)F)c1. The van der Waals surface area contributed by atoms with E-state index in [0.29, 0.717) is 12.1 Å². The number of hydrogen-bond acceptors (Lipinski definition) is 3. The van der Waals surface area contributed by atoms with Crippen molar-refractivity contribution in [2.45, 2.75) is 6.18 Å². The van der Waals surface area contributed by atoms with Crippen LogP contribution in [0.2, 0.25) is 0 Å². The van der Waals surface area contributed by atoms with Gasteiger partial charge in [0.1, 0.15) is 0 Å². The van der Waals surface area contributed by atoms with E-state index in [9.17, 15) is 27.2 Å². The molecule has 0 aromatic heterocycles. The van der Waals surface area contributed by atoms with E-state index >= 15 is 0 Å². The number of aromatic carboxylic acids is 1. The molecule has 0 saturated carbocycles. The largest absolute Gasteiger partial charge is 0.503 e. The smallest absolute Gasteiger partial charge is 0.471 e. The molecule has 1 aromatic carbocycles. The van der Waals surface area contributed by atoms with Gasteiger partial charge in [0.25, 0.3) is 0 Å². The number of carboxylic acids is 1. The predicted molar refractivity (Wildman–Crippen MR) is 49.7 cm³/mol. The molecule has 0 radical (unpaired) electrons. The topological polar surface area (TPSA) is 86.6 Å². The number of anilines is 1. The molecular weight excluding hydrogens is 262 g/mol. The number of phenolic OH excluding ortho intramolecular Hbond substituents is 1. The number of hydrogen-bond donors (Lipinski definition) is 3. The molecule has 18 heavy (non-hydrogen) atoms. The van der Waals surface area contributed by atoms with Gasteiger partial charge in [-0.25, -0.2) is 9.18 Å². The lowest BCUT2D eigenvalue weighted by molar-refractivity contribution is -0.167. The van der Waals surface area contributed by atoms with Crippen molar-refractivity contribution >= 4 is 17.6 Å². The Hall–Kier alpha value is -2.32. The second-order valence-corrected chi connectivity index (χ2v) is 3.11. The molecule has 9 heteroatoms. The molecule has 0 aliphatic carbocycles. The van der Waals surface area contributed by atoms with Crippen LogP contribution in [0.25, 0.3) is 0 Å². The maximum Gasteiger partial charge on any atom is 0.471 e. The number of amides is 1. The normalized spacial score (nSPS) is 11.1. The van der Waals surface area contributed by atoms with Gasteiger partial charge in [0, 0.05) is 0 Å². The lowest BCUT2D eigenvalue weighted by atomic mass is 10.1. The van der Waals surface area contributed by atoms with E-state index in [4.69, 9.17) is 10.2 Å². The van der Waals surface area contributed by atoms with Crippen molar-refractivity contribution in [3.05, 3.63) is 23.5 Å². The van der Waals surface area contributed by atoms with Gasteiger partial charge in [-0.05, 0) is 12.1 Å². The molecule has 0 saturated heterocycles. The maximum absolute atomic E-state index is 13.0. The van der Waals surface area contributed by atoms with E-state index in [1.54, 1.807) is 0 Å². The van der Waals surface area contributed by atoms with Crippen molar-refractivity contribution in [2.24, 2.45) is 0 Å². The number of benzene rings is 1. The van der Waals surface area contributed by atoms with E-state index in [1.807, 2.05) is 0 Å². The number of carboxylic acid groups (broad SMARTS) is 1. The molecule has 1 aromatic rings. The highest BCUT2D eigenvalue weighted by molar-refractivity contribution is 5.98. The molecule has 0 aliphatic heterocycles. The summed E-state index contributed by atoms with van der Waals surface area (Å²) in [6.45, 7) is 0. The van der Waals surface area contributed by atoms with Gasteiger partial charge in [0.05, 0.1) is 11.3 Å². The third kappa shape index (κ3) is 2.87. The van der Waals surface area contributed by atoms with Crippen molar-refractivity contribution in [3.8, 4) is 5.75 Å². The number of nitrogens with one attached hydrogen (secondary N) is 1. The zero-order chi connectivity index (χ0) is 14.1. The predicted octanol–water partition coefficient (Wildman–Crippen LogP) is 1.73. The summed E-state index contributed by atoms with van der Waals surface area (Å²) in [6, 6.07) is 0.908. The second-order valence-electron chi connectivity index (χ2n) is 3.11. The molecule has 1 rings (SSSR count). The highest BCUT2D eigenvalue weighted by Gasteiger charge is 2.39. The van der Waals surface area contributed by atoms with Crippen molar-refractivity contribution in [1.82, 2.24) is 0 Å². The standard InChI is InChI=1S/C9H5F4NO4/c10-4-1-3(7(16)17)2-5(6(4)15)14-8(18)9(11,12)13/h1-2,15H,(H,14,18)(H,16,17). The molecule has 98 valence electrons. The first kappa shape index (κ1) is 13.7. The zero-order valence-electron chi connectivity index (χ0n) is 8.38. The third-order valence-corrected chi connectivity index (χ3v) is 1.82. The Kier molecular flexibility index (Phi) is 3.44. The van der Waals surface area contributed by atoms with E-state index < -0.39 is 40.9 Å². The maximum atomic E-state index is 13.0. The average Bonchev–Trinajstić information content (AvgIpc) is 2.22. The summed E-state index contributed by atoms with van der Waals surface area (Å²) in [5.74, 6) is -6.83. The van der Waals surface area contributed by atoms with Gasteiger partial charge >= 0.3 is 18.1 Å². The molecule has 0 atom stereocenters. The first-order chi connectivity index (χ1) is 8.12. The van der Waals surface area contributed by atoms with Crippen LogP contribution >= 0.6 is 0 Å². The summed E-state index contributed by atoms with van der Waals surface area (Å²) in [4.78, 5) is 21.1. The lowest BCUT2D eigenvalue weighted by Crippen LogP contribution is -2.30.